The molecule has 0 amide bonds. The van der Waals surface area contributed by atoms with E-state index in [1.54, 1.807) is 12.1 Å². The maximum Gasteiger partial charge on any atom is 0.435 e. The number of fused-ring (bicyclic) bond motifs is 1. The van der Waals surface area contributed by atoms with Crippen molar-refractivity contribution in [2.75, 3.05) is 18.9 Å². The van der Waals surface area contributed by atoms with Gasteiger partial charge in [-0.05, 0) is 12.1 Å². The Morgan fingerprint density at radius 2 is 1.86 bits per heavy atom. The smallest absolute Gasteiger partial charge is 0.435 e. The van der Waals surface area contributed by atoms with Crippen LogP contribution in [0.5, 0.6) is 11.5 Å². The van der Waals surface area contributed by atoms with Crippen molar-refractivity contribution in [2.45, 2.75) is 12.7 Å². The Kier molecular flexibility index (Phi) is 3.15. The zero-order valence-electron chi connectivity index (χ0n) is 10.9. The van der Waals surface area contributed by atoms with Gasteiger partial charge in [0.1, 0.15) is 13.2 Å². The zero-order chi connectivity index (χ0) is 15.0. The molecule has 1 aromatic carbocycles. The Hall–Kier alpha value is -2.38. The fourth-order valence-corrected chi connectivity index (χ4v) is 2.06. The lowest BCUT2D eigenvalue weighted by Gasteiger charge is -2.20. The number of rotatable bonds is 2. The van der Waals surface area contributed by atoms with Gasteiger partial charge in [0.15, 0.2) is 17.2 Å². The van der Waals surface area contributed by atoms with Crippen molar-refractivity contribution in [1.82, 2.24) is 9.78 Å². The molecule has 112 valence electrons. The molecule has 0 bridgehead atoms. The Labute approximate surface area is 118 Å². The molecule has 21 heavy (non-hydrogen) atoms. The van der Waals surface area contributed by atoms with E-state index in [1.165, 1.54) is 10.9 Å². The summed E-state index contributed by atoms with van der Waals surface area (Å²) in [7, 11) is 0. The molecule has 1 aromatic heterocycles. The van der Waals surface area contributed by atoms with Crippen molar-refractivity contribution in [3.05, 3.63) is 35.7 Å². The van der Waals surface area contributed by atoms with Crippen LogP contribution in [0.3, 0.4) is 0 Å². The Morgan fingerprint density at radius 3 is 2.48 bits per heavy atom. The number of nitrogen functional groups attached to an aromatic ring is 1. The molecular weight excluding hydrogens is 287 g/mol. The van der Waals surface area contributed by atoms with Gasteiger partial charge >= 0.3 is 6.18 Å². The van der Waals surface area contributed by atoms with Gasteiger partial charge in [-0.2, -0.15) is 18.3 Å². The van der Waals surface area contributed by atoms with E-state index in [-0.39, 0.29) is 6.54 Å². The number of aromatic nitrogens is 2. The van der Waals surface area contributed by atoms with E-state index >= 15 is 0 Å². The number of nitrogens with two attached hydrogens (primary N) is 1. The van der Waals surface area contributed by atoms with E-state index in [1.807, 2.05) is 0 Å². The fraction of sp³-hybridized carbons (Fsp3) is 0.308. The highest BCUT2D eigenvalue weighted by atomic mass is 19.4. The van der Waals surface area contributed by atoms with Crippen LogP contribution in [0.1, 0.15) is 11.3 Å². The largest absolute Gasteiger partial charge is 0.486 e. The monoisotopic (exact) mass is 299 g/mol. The van der Waals surface area contributed by atoms with Crippen molar-refractivity contribution in [1.29, 1.82) is 0 Å². The third kappa shape index (κ3) is 2.74. The van der Waals surface area contributed by atoms with E-state index in [0.717, 1.165) is 6.07 Å². The quantitative estimate of drug-likeness (QED) is 0.864. The molecule has 0 unspecified atom stereocenters. The average molecular weight is 299 g/mol. The summed E-state index contributed by atoms with van der Waals surface area (Å²) >= 11 is 0. The summed E-state index contributed by atoms with van der Waals surface area (Å²) in [4.78, 5) is 0. The SMILES string of the molecule is Nc1cc2c(cc1Cn1ccc(C(F)(F)F)n1)OCCO2. The highest BCUT2D eigenvalue weighted by Crippen LogP contribution is 2.35. The standard InChI is InChI=1S/C13H12F3N3O2/c14-13(15,16)12-1-2-19(18-12)7-8-5-10-11(6-9(8)17)21-4-3-20-10/h1-2,5-6H,3-4,7,17H2. The van der Waals surface area contributed by atoms with E-state index in [2.05, 4.69) is 5.10 Å². The molecule has 0 atom stereocenters. The highest BCUT2D eigenvalue weighted by Gasteiger charge is 2.33. The van der Waals surface area contributed by atoms with Gasteiger partial charge in [0, 0.05) is 23.5 Å². The van der Waals surface area contributed by atoms with Gasteiger partial charge in [-0.15, -0.1) is 0 Å². The molecule has 8 heteroatoms. The van der Waals surface area contributed by atoms with E-state index in [9.17, 15) is 13.2 Å². The number of halogens is 3. The van der Waals surface area contributed by atoms with Crippen molar-refractivity contribution in [3.63, 3.8) is 0 Å². The fourth-order valence-electron chi connectivity index (χ4n) is 2.06. The Morgan fingerprint density at radius 1 is 1.19 bits per heavy atom. The second kappa shape index (κ2) is 4.87. The average Bonchev–Trinajstić information content (AvgIpc) is 2.88. The molecular formula is C13H12F3N3O2. The second-order valence-corrected chi connectivity index (χ2v) is 4.59. The molecule has 1 aliphatic heterocycles. The summed E-state index contributed by atoms with van der Waals surface area (Å²) < 4.78 is 49.5. The van der Waals surface area contributed by atoms with Crippen LogP contribution in [-0.2, 0) is 12.7 Å². The number of ether oxygens (including phenoxy) is 2. The summed E-state index contributed by atoms with van der Waals surface area (Å²) in [5, 5.41) is 3.49. The molecule has 2 aromatic rings. The van der Waals surface area contributed by atoms with Crippen LogP contribution < -0.4 is 15.2 Å². The molecule has 0 radical (unpaired) electrons. The van der Waals surface area contributed by atoms with Gasteiger partial charge in [-0.1, -0.05) is 0 Å². The summed E-state index contributed by atoms with van der Waals surface area (Å²) in [6.45, 7) is 0.995. The minimum absolute atomic E-state index is 0.124. The summed E-state index contributed by atoms with van der Waals surface area (Å²) in [5.41, 5.74) is 6.00. The first-order valence-corrected chi connectivity index (χ1v) is 6.22. The van der Waals surface area contributed by atoms with Crippen LogP contribution in [0.25, 0.3) is 0 Å². The summed E-state index contributed by atoms with van der Waals surface area (Å²) in [5.74, 6) is 1.08. The van der Waals surface area contributed by atoms with Crippen LogP contribution in [0.4, 0.5) is 18.9 Å². The van der Waals surface area contributed by atoms with Crippen molar-refractivity contribution in [2.24, 2.45) is 0 Å². The third-order valence-electron chi connectivity index (χ3n) is 3.07. The molecule has 0 aliphatic carbocycles. The summed E-state index contributed by atoms with van der Waals surface area (Å²) in [6.07, 6.45) is -3.19. The first-order valence-electron chi connectivity index (χ1n) is 6.22. The predicted molar refractivity (Wildman–Crippen MR) is 68.2 cm³/mol. The molecule has 2 N–H and O–H groups in total. The van der Waals surface area contributed by atoms with Crippen LogP contribution in [0.15, 0.2) is 24.4 Å². The first kappa shape index (κ1) is 13.6. The van der Waals surface area contributed by atoms with E-state index in [0.29, 0.717) is 36.0 Å². The highest BCUT2D eigenvalue weighted by molar-refractivity contribution is 5.58. The van der Waals surface area contributed by atoms with Crippen LogP contribution >= 0.6 is 0 Å². The number of anilines is 1. The van der Waals surface area contributed by atoms with Gasteiger partial charge in [0.05, 0.1) is 6.54 Å². The minimum atomic E-state index is -4.45. The second-order valence-electron chi connectivity index (χ2n) is 4.59. The molecule has 1 aliphatic rings. The predicted octanol–water partition coefficient (Wildman–Crippen LogP) is 2.30. The number of hydrogen-bond donors (Lipinski definition) is 1. The van der Waals surface area contributed by atoms with Gasteiger partial charge in [0.25, 0.3) is 0 Å². The molecule has 0 spiro atoms. The molecule has 0 fully saturated rings. The molecule has 5 nitrogen and oxygen atoms in total. The van der Waals surface area contributed by atoms with Crippen LogP contribution in [-0.4, -0.2) is 23.0 Å². The molecule has 2 heterocycles. The van der Waals surface area contributed by atoms with Crippen LogP contribution in [0, 0.1) is 0 Å². The van der Waals surface area contributed by atoms with Crippen LogP contribution in [0.2, 0.25) is 0 Å². The third-order valence-corrected chi connectivity index (χ3v) is 3.07. The number of alkyl halides is 3. The normalized spacial score (nSPS) is 14.2. The van der Waals surface area contributed by atoms with Gasteiger partial charge < -0.3 is 15.2 Å². The van der Waals surface area contributed by atoms with E-state index in [4.69, 9.17) is 15.2 Å². The van der Waals surface area contributed by atoms with E-state index < -0.39 is 11.9 Å². The van der Waals surface area contributed by atoms with Crippen molar-refractivity contribution in [3.8, 4) is 11.5 Å². The van der Waals surface area contributed by atoms with Crippen molar-refractivity contribution >= 4 is 5.69 Å². The molecule has 0 saturated carbocycles. The number of benzene rings is 1. The van der Waals surface area contributed by atoms with Gasteiger partial charge in [-0.3, -0.25) is 4.68 Å². The summed E-state index contributed by atoms with van der Waals surface area (Å²) in [6, 6.07) is 4.20. The zero-order valence-corrected chi connectivity index (χ0v) is 10.9. The number of hydrogen-bond acceptors (Lipinski definition) is 4. The Bertz CT molecular complexity index is 667. The topological polar surface area (TPSA) is 62.3 Å². The molecule has 3 rings (SSSR count). The lowest BCUT2D eigenvalue weighted by Crippen LogP contribution is -2.16. The lowest BCUT2D eigenvalue weighted by molar-refractivity contribution is -0.141. The molecule has 0 saturated heterocycles. The number of nitrogens with zero attached hydrogens (tertiary/aromatic N) is 2. The maximum atomic E-state index is 12.5. The Balaban J connectivity index is 1.86. The van der Waals surface area contributed by atoms with Gasteiger partial charge in [0.2, 0.25) is 0 Å². The first-order chi connectivity index (χ1) is 9.93. The maximum absolute atomic E-state index is 12.5. The van der Waals surface area contributed by atoms with Crippen molar-refractivity contribution < 1.29 is 22.6 Å². The van der Waals surface area contributed by atoms with Gasteiger partial charge in [-0.25, -0.2) is 0 Å². The lowest BCUT2D eigenvalue weighted by atomic mass is 10.1. The minimum Gasteiger partial charge on any atom is -0.486 e.